The number of benzene rings is 2. The van der Waals surface area contributed by atoms with Crippen molar-refractivity contribution >= 4 is 23.4 Å². The smallest absolute Gasteiger partial charge is 0.345 e. The fourth-order valence-electron chi connectivity index (χ4n) is 6.01. The molecule has 0 bridgehead atoms. The summed E-state index contributed by atoms with van der Waals surface area (Å²) in [6, 6.07) is 17.7. The Kier molecular flexibility index (Phi) is 9.08. The van der Waals surface area contributed by atoms with Crippen molar-refractivity contribution < 1.29 is 18.0 Å². The van der Waals surface area contributed by atoms with E-state index in [1.807, 2.05) is 24.1 Å². The lowest BCUT2D eigenvalue weighted by Gasteiger charge is -2.41. The molecule has 5 rings (SSSR count). The predicted molar refractivity (Wildman–Crippen MR) is 157 cm³/mol. The molecule has 1 aliphatic carbocycles. The maximum Gasteiger partial charge on any atom is 0.416 e. The predicted octanol–water partition coefficient (Wildman–Crippen LogP) is 7.32. The summed E-state index contributed by atoms with van der Waals surface area (Å²) in [7, 11) is 2.01. The Morgan fingerprint density at radius 2 is 1.59 bits per heavy atom. The molecule has 216 valence electrons. The molecule has 1 atom stereocenters. The molecule has 1 aliphatic heterocycles. The van der Waals surface area contributed by atoms with E-state index in [0.29, 0.717) is 18.2 Å². The van der Waals surface area contributed by atoms with Crippen molar-refractivity contribution in [3.05, 3.63) is 95.8 Å². The van der Waals surface area contributed by atoms with Crippen LogP contribution in [-0.4, -0.2) is 52.9 Å². The Balaban J connectivity index is 1.33. The average Bonchev–Trinajstić information content (AvgIpc) is 3.54. The van der Waals surface area contributed by atoms with Crippen LogP contribution in [0.4, 0.5) is 24.5 Å². The summed E-state index contributed by atoms with van der Waals surface area (Å²) in [5.74, 6) is -0.124. The summed E-state index contributed by atoms with van der Waals surface area (Å²) in [6.45, 7) is 2.40. The topological polar surface area (TPSA) is 39.7 Å². The zero-order chi connectivity index (χ0) is 28.8. The highest BCUT2D eigenvalue weighted by Gasteiger charge is 2.32. The Bertz CT molecular complexity index is 1300. The number of likely N-dealkylation sites (tertiary alicyclic amines) is 1. The highest BCUT2D eigenvalue weighted by molar-refractivity contribution is 5.92. The molecule has 1 saturated carbocycles. The van der Waals surface area contributed by atoms with Crippen LogP contribution < -0.4 is 4.90 Å². The molecule has 0 unspecified atom stereocenters. The van der Waals surface area contributed by atoms with Gasteiger partial charge in [-0.1, -0.05) is 37.1 Å². The number of carbonyl (C=O) groups excluding carboxylic acids is 1. The summed E-state index contributed by atoms with van der Waals surface area (Å²) in [6.07, 6.45) is 9.22. The van der Waals surface area contributed by atoms with Gasteiger partial charge in [0.15, 0.2) is 0 Å². The molecular formula is C33H37F3N4O. The third kappa shape index (κ3) is 7.36. The number of aromatic nitrogens is 1. The van der Waals surface area contributed by atoms with E-state index in [-0.39, 0.29) is 11.9 Å². The summed E-state index contributed by atoms with van der Waals surface area (Å²) >= 11 is 0. The molecule has 5 nitrogen and oxygen atoms in total. The number of amides is 1. The average molecular weight is 563 g/mol. The molecule has 2 heterocycles. The quantitative estimate of drug-likeness (QED) is 0.270. The van der Waals surface area contributed by atoms with Gasteiger partial charge < -0.3 is 9.80 Å². The lowest BCUT2D eigenvalue weighted by atomic mass is 10.00. The van der Waals surface area contributed by atoms with Crippen molar-refractivity contribution in [1.82, 2.24) is 14.8 Å². The van der Waals surface area contributed by atoms with E-state index >= 15 is 0 Å². The zero-order valence-electron chi connectivity index (χ0n) is 23.4. The highest BCUT2D eigenvalue weighted by Crippen LogP contribution is 2.30. The SMILES string of the molecule is CN(c1ccncc1)c1ccc(CN(C(=O)C=Cc2ccc(C(F)(F)F)cc2)[C@@H]2CCCN(C3CCCC3)C2)cc1. The number of halogens is 3. The van der Waals surface area contributed by atoms with Crippen LogP contribution in [0.2, 0.25) is 0 Å². The molecule has 41 heavy (non-hydrogen) atoms. The van der Waals surface area contributed by atoms with E-state index in [0.717, 1.165) is 55.0 Å². The second-order valence-electron chi connectivity index (χ2n) is 11.1. The van der Waals surface area contributed by atoms with Crippen LogP contribution in [0.5, 0.6) is 0 Å². The minimum Gasteiger partial charge on any atom is -0.345 e. The first kappa shape index (κ1) is 28.9. The van der Waals surface area contributed by atoms with Crippen LogP contribution in [0.15, 0.2) is 79.1 Å². The minimum atomic E-state index is -4.39. The summed E-state index contributed by atoms with van der Waals surface area (Å²) in [5, 5.41) is 0. The van der Waals surface area contributed by atoms with Gasteiger partial charge in [0.05, 0.1) is 5.56 Å². The van der Waals surface area contributed by atoms with Crippen molar-refractivity contribution in [1.29, 1.82) is 0 Å². The van der Waals surface area contributed by atoms with Crippen LogP contribution in [-0.2, 0) is 17.5 Å². The normalized spacial score (nSPS) is 18.6. The van der Waals surface area contributed by atoms with Gasteiger partial charge in [0.25, 0.3) is 0 Å². The fourth-order valence-corrected chi connectivity index (χ4v) is 6.01. The molecule has 2 aromatic carbocycles. The summed E-state index contributed by atoms with van der Waals surface area (Å²) in [5.41, 5.74) is 2.96. The van der Waals surface area contributed by atoms with Crippen molar-refractivity contribution in [3.63, 3.8) is 0 Å². The molecule has 1 amide bonds. The number of rotatable bonds is 8. The maximum absolute atomic E-state index is 13.7. The standard InChI is InChI=1S/C33H37F3N4O/c1-38(29-18-20-37-21-19-29)28-15-10-26(11-16-28)23-40(31-7-4-22-39(24-31)30-5-2-3-6-30)32(41)17-12-25-8-13-27(14-9-25)33(34,35)36/h8-21,30-31H,2-7,22-24H2,1H3/t31-/m1/s1. The van der Waals surface area contributed by atoms with Crippen molar-refractivity contribution in [2.24, 2.45) is 0 Å². The van der Waals surface area contributed by atoms with Crippen LogP contribution in [0.1, 0.15) is 55.2 Å². The monoisotopic (exact) mass is 562 g/mol. The first-order chi connectivity index (χ1) is 19.8. The molecule has 0 spiro atoms. The molecule has 2 aliphatic rings. The van der Waals surface area contributed by atoms with Crippen LogP contribution >= 0.6 is 0 Å². The van der Waals surface area contributed by atoms with E-state index in [1.54, 1.807) is 18.5 Å². The van der Waals surface area contributed by atoms with E-state index in [9.17, 15) is 18.0 Å². The Hall–Kier alpha value is -3.65. The minimum absolute atomic E-state index is 0.0771. The number of anilines is 2. The van der Waals surface area contributed by atoms with E-state index in [1.165, 1.54) is 43.9 Å². The van der Waals surface area contributed by atoms with Gasteiger partial charge in [-0.25, -0.2) is 0 Å². The van der Waals surface area contributed by atoms with Crippen molar-refractivity contribution in [2.75, 3.05) is 25.0 Å². The first-order valence-corrected chi connectivity index (χ1v) is 14.4. The van der Waals surface area contributed by atoms with Gasteiger partial charge in [-0.3, -0.25) is 14.7 Å². The molecule has 2 fully saturated rings. The maximum atomic E-state index is 13.7. The third-order valence-corrected chi connectivity index (χ3v) is 8.38. The molecule has 1 aromatic heterocycles. The second kappa shape index (κ2) is 12.9. The number of hydrogen-bond acceptors (Lipinski definition) is 4. The van der Waals surface area contributed by atoms with Gasteiger partial charge >= 0.3 is 6.18 Å². The van der Waals surface area contributed by atoms with Gasteiger partial charge in [0.1, 0.15) is 0 Å². The number of pyridine rings is 1. The summed E-state index contributed by atoms with van der Waals surface area (Å²) in [4.78, 5) is 24.3. The number of nitrogens with zero attached hydrogens (tertiary/aromatic N) is 4. The number of hydrogen-bond donors (Lipinski definition) is 0. The largest absolute Gasteiger partial charge is 0.416 e. The van der Waals surface area contributed by atoms with Crippen molar-refractivity contribution in [3.8, 4) is 0 Å². The van der Waals surface area contributed by atoms with Crippen LogP contribution in [0.3, 0.4) is 0 Å². The van der Waals surface area contributed by atoms with Gasteiger partial charge in [-0.2, -0.15) is 13.2 Å². The summed E-state index contributed by atoms with van der Waals surface area (Å²) < 4.78 is 38.9. The lowest BCUT2D eigenvalue weighted by Crippen LogP contribution is -2.51. The van der Waals surface area contributed by atoms with Gasteiger partial charge in [0.2, 0.25) is 5.91 Å². The molecule has 1 saturated heterocycles. The Labute approximate surface area is 240 Å². The van der Waals surface area contributed by atoms with Crippen LogP contribution in [0.25, 0.3) is 6.08 Å². The second-order valence-corrected chi connectivity index (χ2v) is 11.1. The van der Waals surface area contributed by atoms with Crippen molar-refractivity contribution in [2.45, 2.75) is 63.3 Å². The molecule has 3 aromatic rings. The lowest BCUT2D eigenvalue weighted by molar-refractivity contribution is -0.137. The molecular weight excluding hydrogens is 525 g/mol. The van der Waals surface area contributed by atoms with Gasteiger partial charge in [-0.15, -0.1) is 0 Å². The number of piperidine rings is 1. The Morgan fingerprint density at radius 3 is 2.24 bits per heavy atom. The zero-order valence-corrected chi connectivity index (χ0v) is 23.4. The van der Waals surface area contributed by atoms with Gasteiger partial charge in [0, 0.05) is 62.1 Å². The van der Waals surface area contributed by atoms with E-state index in [4.69, 9.17) is 0 Å². The third-order valence-electron chi connectivity index (χ3n) is 8.38. The van der Waals surface area contributed by atoms with E-state index in [2.05, 4.69) is 39.0 Å². The number of alkyl halides is 3. The van der Waals surface area contributed by atoms with Gasteiger partial charge in [-0.05, 0) is 85.8 Å². The van der Waals surface area contributed by atoms with Crippen LogP contribution in [0, 0.1) is 0 Å². The molecule has 0 radical (unpaired) electrons. The molecule has 0 N–H and O–H groups in total. The Morgan fingerprint density at radius 1 is 0.927 bits per heavy atom. The fraction of sp³-hybridized carbons (Fsp3) is 0.394. The van der Waals surface area contributed by atoms with E-state index < -0.39 is 11.7 Å². The number of carbonyl (C=O) groups is 1. The first-order valence-electron chi connectivity index (χ1n) is 14.4. The highest BCUT2D eigenvalue weighted by atomic mass is 19.4. The molecule has 8 heteroatoms.